The maximum Gasteiger partial charge on any atom is 0.319 e. The van der Waals surface area contributed by atoms with Crippen molar-refractivity contribution in [3.8, 4) is 22.5 Å². The zero-order valence-electron chi connectivity index (χ0n) is 40.1. The molecule has 0 saturated carbocycles. The molecule has 19 heteroatoms. The Morgan fingerprint density at radius 2 is 1.23 bits per heavy atom. The Morgan fingerprint density at radius 1 is 0.643 bits per heavy atom. The van der Waals surface area contributed by atoms with Gasteiger partial charge in [0.2, 0.25) is 0 Å². The largest absolute Gasteiger partial charge is 0.481 e. The van der Waals surface area contributed by atoms with Crippen LogP contribution in [0.15, 0.2) is 85.9 Å². The van der Waals surface area contributed by atoms with E-state index < -0.39 is 48.1 Å². The minimum absolute atomic E-state index is 0.0207. The Morgan fingerprint density at radius 3 is 1.86 bits per heavy atom. The Hall–Kier alpha value is -6.80. The summed E-state index contributed by atoms with van der Waals surface area (Å²) in [6, 6.07) is 15.7. The molecule has 4 amide bonds. The number of carbonyl (C=O) groups excluding carboxylic acids is 2. The van der Waals surface area contributed by atoms with Gasteiger partial charge in [-0.05, 0) is 112 Å². The number of carbonyl (C=O) groups is 3. The fourth-order valence-electron chi connectivity index (χ4n) is 8.96. The minimum atomic E-state index is -5.04. The SMILES string of the molecule is Cc1cc(C)c(NC(=O)NCCCCCCCCCCCC(=O)O)c(C)c1N=c1cc2oc3cc(Nc4c(C)cc(C)c(NC(N)=O)c4C)ccc3c(-c3ccccc3S(=O)(=O)O)c-2cc1S(=O)(=O)O. The number of carboxylic acids is 1. The maximum atomic E-state index is 13.3. The number of anilines is 4. The average Bonchev–Trinajstić information content (AvgIpc) is 3.27. The van der Waals surface area contributed by atoms with Crippen LogP contribution in [0.3, 0.4) is 0 Å². The molecule has 4 aromatic carbocycles. The Bertz CT molecular complexity index is 3260. The summed E-state index contributed by atoms with van der Waals surface area (Å²) >= 11 is 0. The number of nitrogens with two attached hydrogens (primary N) is 1. The van der Waals surface area contributed by atoms with Crippen molar-refractivity contribution in [3.05, 3.63) is 105 Å². The van der Waals surface area contributed by atoms with Crippen LogP contribution >= 0.6 is 0 Å². The van der Waals surface area contributed by atoms with Crippen LogP contribution in [0, 0.1) is 41.5 Å². The molecule has 6 rings (SSSR count). The van der Waals surface area contributed by atoms with E-state index >= 15 is 0 Å². The van der Waals surface area contributed by atoms with E-state index in [9.17, 15) is 40.3 Å². The highest BCUT2D eigenvalue weighted by molar-refractivity contribution is 7.86. The molecule has 0 saturated heterocycles. The summed E-state index contributed by atoms with van der Waals surface area (Å²) in [6.07, 6.45) is 8.82. The molecule has 0 spiro atoms. The van der Waals surface area contributed by atoms with Crippen molar-refractivity contribution >= 4 is 77.7 Å². The third kappa shape index (κ3) is 12.7. The molecule has 17 nitrogen and oxygen atoms in total. The van der Waals surface area contributed by atoms with Crippen molar-refractivity contribution in [1.82, 2.24) is 5.32 Å². The van der Waals surface area contributed by atoms with E-state index in [2.05, 4.69) is 21.3 Å². The van der Waals surface area contributed by atoms with Crippen molar-refractivity contribution in [2.75, 3.05) is 22.5 Å². The molecule has 0 bridgehead atoms. The second-order valence-electron chi connectivity index (χ2n) is 17.6. The number of amides is 4. The zero-order valence-corrected chi connectivity index (χ0v) is 41.7. The van der Waals surface area contributed by atoms with E-state index in [4.69, 9.17) is 20.2 Å². The summed E-state index contributed by atoms with van der Waals surface area (Å²) in [5, 5.41) is 20.8. The first-order valence-electron chi connectivity index (χ1n) is 23.0. The lowest BCUT2D eigenvalue weighted by Crippen LogP contribution is -2.30. The van der Waals surface area contributed by atoms with Gasteiger partial charge in [-0.1, -0.05) is 75.3 Å². The number of hydrogen-bond acceptors (Lipinski definition) is 10. The summed E-state index contributed by atoms with van der Waals surface area (Å²) in [5.41, 5.74) is 12.7. The first kappa shape index (κ1) is 52.6. The number of fused-ring (bicyclic) bond motifs is 2. The number of aliphatic carboxylic acids is 1. The molecule has 0 unspecified atom stereocenters. The molecule has 4 aromatic rings. The van der Waals surface area contributed by atoms with Gasteiger partial charge in [0.05, 0.1) is 22.4 Å². The lowest BCUT2D eigenvalue weighted by atomic mass is 9.93. The van der Waals surface area contributed by atoms with Crippen LogP contribution < -0.4 is 32.4 Å². The summed E-state index contributed by atoms with van der Waals surface area (Å²) in [6.45, 7) is 11.3. The van der Waals surface area contributed by atoms with Crippen molar-refractivity contribution < 1.29 is 49.8 Å². The lowest BCUT2D eigenvalue weighted by molar-refractivity contribution is -0.137. The number of hydrogen-bond donors (Lipinski definition) is 8. The quantitative estimate of drug-likeness (QED) is 0.0201. The number of carboxylic acid groups (broad SMARTS) is 1. The molecule has 0 fully saturated rings. The Labute approximate surface area is 407 Å². The van der Waals surface area contributed by atoms with Gasteiger partial charge < -0.3 is 36.5 Å². The van der Waals surface area contributed by atoms with Gasteiger partial charge in [-0.3, -0.25) is 13.9 Å². The highest BCUT2D eigenvalue weighted by atomic mass is 32.2. The van der Waals surface area contributed by atoms with Crippen molar-refractivity contribution in [2.45, 2.75) is 116 Å². The first-order valence-corrected chi connectivity index (χ1v) is 25.9. The molecule has 2 aliphatic rings. The van der Waals surface area contributed by atoms with Crippen LogP contribution in [-0.4, -0.2) is 55.6 Å². The highest BCUT2D eigenvalue weighted by Crippen LogP contribution is 2.44. The van der Waals surface area contributed by atoms with Crippen molar-refractivity contribution in [1.29, 1.82) is 0 Å². The first-order chi connectivity index (χ1) is 33.0. The predicted molar refractivity (Wildman–Crippen MR) is 272 cm³/mol. The molecular formula is C51H60N6O11S2. The molecular weight excluding hydrogens is 937 g/mol. The Kier molecular flexibility index (Phi) is 16.8. The fourth-order valence-corrected chi connectivity index (χ4v) is 10.3. The summed E-state index contributed by atoms with van der Waals surface area (Å²) in [5.74, 6) is -0.718. The average molecular weight is 997 g/mol. The normalized spacial score (nSPS) is 12.1. The van der Waals surface area contributed by atoms with E-state index in [1.807, 2.05) is 33.8 Å². The lowest BCUT2D eigenvalue weighted by Gasteiger charge is -2.20. The Balaban J connectivity index is 1.38. The second kappa shape index (κ2) is 22.3. The van der Waals surface area contributed by atoms with E-state index in [0.717, 1.165) is 74.1 Å². The predicted octanol–water partition coefficient (Wildman–Crippen LogP) is 11.1. The third-order valence-corrected chi connectivity index (χ3v) is 14.1. The van der Waals surface area contributed by atoms with E-state index in [1.54, 1.807) is 44.2 Å². The van der Waals surface area contributed by atoms with Crippen LogP contribution in [0.1, 0.15) is 97.6 Å². The van der Waals surface area contributed by atoms with Crippen LogP contribution in [-0.2, 0) is 25.0 Å². The van der Waals surface area contributed by atoms with E-state index in [-0.39, 0.29) is 39.8 Å². The summed E-state index contributed by atoms with van der Waals surface area (Å²) < 4.78 is 80.0. The molecule has 1 aliphatic carbocycles. The topological polar surface area (TPSA) is 280 Å². The number of urea groups is 2. The van der Waals surface area contributed by atoms with Crippen LogP contribution in [0.25, 0.3) is 33.4 Å². The minimum Gasteiger partial charge on any atom is -0.481 e. The van der Waals surface area contributed by atoms with Crippen molar-refractivity contribution in [2.24, 2.45) is 10.7 Å². The van der Waals surface area contributed by atoms with E-state index in [1.165, 1.54) is 24.3 Å². The zero-order chi connectivity index (χ0) is 51.1. The number of benzene rings is 5. The van der Waals surface area contributed by atoms with Gasteiger partial charge in [0, 0.05) is 58.5 Å². The smallest absolute Gasteiger partial charge is 0.319 e. The number of nitrogens with zero attached hydrogens (tertiary/aromatic N) is 1. The fraction of sp³-hybridized carbons (Fsp3) is 0.333. The van der Waals surface area contributed by atoms with Gasteiger partial charge in [-0.15, -0.1) is 0 Å². The van der Waals surface area contributed by atoms with Crippen LogP contribution in [0.4, 0.5) is 38.0 Å². The molecule has 9 N–H and O–H groups in total. The second-order valence-corrected chi connectivity index (χ2v) is 20.4. The molecule has 372 valence electrons. The van der Waals surface area contributed by atoms with Gasteiger partial charge in [-0.2, -0.15) is 16.8 Å². The van der Waals surface area contributed by atoms with Crippen molar-refractivity contribution in [3.63, 3.8) is 0 Å². The van der Waals surface area contributed by atoms with Gasteiger partial charge in [-0.25, -0.2) is 14.6 Å². The number of primary amides is 1. The monoisotopic (exact) mass is 996 g/mol. The molecule has 1 heterocycles. The molecule has 0 aromatic heterocycles. The molecule has 70 heavy (non-hydrogen) atoms. The van der Waals surface area contributed by atoms with Gasteiger partial charge in [0.25, 0.3) is 20.2 Å². The number of rotatable bonds is 20. The molecule has 1 aliphatic heterocycles. The van der Waals surface area contributed by atoms with Gasteiger partial charge in [0.15, 0.2) is 0 Å². The van der Waals surface area contributed by atoms with E-state index in [0.29, 0.717) is 63.5 Å². The number of unbranched alkanes of at least 4 members (excludes halogenated alkanes) is 8. The number of aryl methyl sites for hydroxylation is 4. The van der Waals surface area contributed by atoms with Gasteiger partial charge >= 0.3 is 18.0 Å². The van der Waals surface area contributed by atoms with Gasteiger partial charge in [0.1, 0.15) is 21.1 Å². The molecule has 0 atom stereocenters. The van der Waals surface area contributed by atoms with Crippen LogP contribution in [0.2, 0.25) is 0 Å². The highest BCUT2D eigenvalue weighted by Gasteiger charge is 2.27. The summed E-state index contributed by atoms with van der Waals surface area (Å²) in [7, 11) is -9.87. The number of nitrogens with one attached hydrogen (secondary N) is 4. The third-order valence-electron chi connectivity index (χ3n) is 12.3. The van der Waals surface area contributed by atoms with Crippen LogP contribution in [0.5, 0.6) is 0 Å². The standard InChI is InChI=1S/C51H60N6O11S2/c1-29-24-31(3)48(56-50(52)60)33(5)46(29)54-35-21-22-36-40(26-35)68-41-28-39(43(70(65,66)67)27-38(41)45(36)37-18-15-16-19-42(37)69(62,63)64)55-47-30(2)25-32(4)49(34(47)6)57-51(61)53-23-17-13-11-9-7-8-10-12-14-20-44(58)59/h15-16,18-19,21-22,24-28,54H,7-14,17,20,23H2,1-6H3,(H,58,59)(H3,52,56,60)(H2,53,57,61)(H,62,63,64)(H,65,66,67). The summed E-state index contributed by atoms with van der Waals surface area (Å²) in [4.78, 5) is 39.4. The maximum absolute atomic E-state index is 13.3. The molecule has 0 radical (unpaired) electrons.